The lowest BCUT2D eigenvalue weighted by Crippen LogP contribution is -2.43. The van der Waals surface area contributed by atoms with E-state index in [9.17, 15) is 9.59 Å². The molecule has 2 aromatic heterocycles. The molecule has 1 amide bonds. The Morgan fingerprint density at radius 3 is 2.65 bits per heavy atom. The van der Waals surface area contributed by atoms with Crippen molar-refractivity contribution in [2.45, 2.75) is 51.0 Å². The topological polar surface area (TPSA) is 73.7 Å². The third-order valence-corrected chi connectivity index (χ3v) is 7.45. The average molecular weight is 394 g/mol. The van der Waals surface area contributed by atoms with E-state index in [0.717, 1.165) is 58.4 Å². The molecule has 2 aromatic rings. The summed E-state index contributed by atoms with van der Waals surface area (Å²) in [5, 5.41) is 10.0. The molecule has 140 valence electrons. The highest BCUT2D eigenvalue weighted by atomic mass is 32.1. The minimum Gasteiger partial charge on any atom is -0.481 e. The molecule has 0 saturated carbocycles. The Labute approximate surface area is 160 Å². The van der Waals surface area contributed by atoms with Crippen molar-refractivity contribution in [3.63, 3.8) is 0 Å². The summed E-state index contributed by atoms with van der Waals surface area (Å²) in [6, 6.07) is 2.02. The van der Waals surface area contributed by atoms with Crippen LogP contribution in [-0.4, -0.2) is 52.5 Å². The molecule has 4 heterocycles. The normalized spacial score (nSPS) is 20.8. The van der Waals surface area contributed by atoms with Crippen LogP contribution in [0.5, 0.6) is 0 Å². The zero-order chi connectivity index (χ0) is 18.1. The van der Waals surface area contributed by atoms with Crippen LogP contribution in [0.2, 0.25) is 0 Å². The van der Waals surface area contributed by atoms with E-state index in [0.29, 0.717) is 6.42 Å². The third-order valence-electron chi connectivity index (χ3n) is 5.24. The van der Waals surface area contributed by atoms with Crippen LogP contribution in [0, 0.1) is 0 Å². The molecule has 2 aliphatic rings. The van der Waals surface area contributed by atoms with Gasteiger partial charge in [0, 0.05) is 32.1 Å². The number of carboxylic acid groups (broad SMARTS) is 1. The molecule has 4 rings (SSSR count). The van der Waals surface area contributed by atoms with Crippen LogP contribution in [0.1, 0.15) is 54.6 Å². The smallest absolute Gasteiger partial charge is 0.303 e. The van der Waals surface area contributed by atoms with Crippen LogP contribution >= 0.6 is 22.7 Å². The molecule has 0 bridgehead atoms. The largest absolute Gasteiger partial charge is 0.481 e. The van der Waals surface area contributed by atoms with E-state index in [1.807, 2.05) is 11.0 Å². The number of aromatic nitrogens is 1. The Morgan fingerprint density at radius 1 is 1.15 bits per heavy atom. The van der Waals surface area contributed by atoms with Crippen molar-refractivity contribution in [3.8, 4) is 0 Å². The number of carbonyl (C=O) groups is 2. The molecule has 2 aliphatic heterocycles. The first-order valence-electron chi connectivity index (χ1n) is 9.30. The SMILES string of the molecule is O=C(O)CCC1CCCCN1C(=O)c1cc2sc(N3CCCC3)nc2s1. The number of aliphatic carboxylic acids is 1. The van der Waals surface area contributed by atoms with Gasteiger partial charge in [0.2, 0.25) is 0 Å². The Balaban J connectivity index is 1.50. The molecule has 8 heteroatoms. The number of amides is 1. The second-order valence-corrected chi connectivity index (χ2v) is 9.09. The van der Waals surface area contributed by atoms with Crippen molar-refractivity contribution in [2.75, 3.05) is 24.5 Å². The summed E-state index contributed by atoms with van der Waals surface area (Å²) in [6.07, 6.45) is 6.07. The molecule has 2 saturated heterocycles. The lowest BCUT2D eigenvalue weighted by molar-refractivity contribution is -0.137. The van der Waals surface area contributed by atoms with Crippen LogP contribution in [0.4, 0.5) is 5.13 Å². The number of thiophene rings is 1. The van der Waals surface area contributed by atoms with Gasteiger partial charge >= 0.3 is 5.97 Å². The predicted octanol–water partition coefficient (Wildman–Crippen LogP) is 3.82. The Hall–Kier alpha value is -1.67. The van der Waals surface area contributed by atoms with E-state index in [4.69, 9.17) is 10.1 Å². The molecular weight excluding hydrogens is 370 g/mol. The minimum atomic E-state index is -0.793. The van der Waals surface area contributed by atoms with Crippen molar-refractivity contribution in [1.29, 1.82) is 0 Å². The first kappa shape index (κ1) is 17.7. The Bertz CT molecular complexity index is 778. The van der Waals surface area contributed by atoms with Gasteiger partial charge in [0.25, 0.3) is 5.91 Å². The van der Waals surface area contributed by atoms with E-state index in [1.54, 1.807) is 11.3 Å². The van der Waals surface area contributed by atoms with Crippen molar-refractivity contribution in [2.24, 2.45) is 0 Å². The van der Waals surface area contributed by atoms with E-state index >= 15 is 0 Å². The molecule has 2 fully saturated rings. The number of anilines is 1. The van der Waals surface area contributed by atoms with Gasteiger partial charge in [-0.15, -0.1) is 11.3 Å². The van der Waals surface area contributed by atoms with Gasteiger partial charge in [-0.05, 0) is 44.6 Å². The van der Waals surface area contributed by atoms with Gasteiger partial charge in [0.1, 0.15) is 4.83 Å². The van der Waals surface area contributed by atoms with Crippen molar-refractivity contribution in [3.05, 3.63) is 10.9 Å². The zero-order valence-corrected chi connectivity index (χ0v) is 16.3. The molecular formula is C18H23N3O3S2. The summed E-state index contributed by atoms with van der Waals surface area (Å²) in [7, 11) is 0. The molecule has 6 nitrogen and oxygen atoms in total. The highest BCUT2D eigenvalue weighted by Crippen LogP contribution is 2.37. The van der Waals surface area contributed by atoms with Gasteiger partial charge in [-0.3, -0.25) is 9.59 Å². The fourth-order valence-corrected chi connectivity index (χ4v) is 6.09. The van der Waals surface area contributed by atoms with Crippen molar-refractivity contribution in [1.82, 2.24) is 9.88 Å². The summed E-state index contributed by atoms with van der Waals surface area (Å²) in [5.74, 6) is -0.753. The van der Waals surface area contributed by atoms with Gasteiger partial charge in [0.05, 0.1) is 9.58 Å². The van der Waals surface area contributed by atoms with E-state index in [1.165, 1.54) is 24.2 Å². The maximum absolute atomic E-state index is 13.0. The third kappa shape index (κ3) is 3.57. The second kappa shape index (κ2) is 7.52. The lowest BCUT2D eigenvalue weighted by atomic mass is 9.97. The summed E-state index contributed by atoms with van der Waals surface area (Å²) < 4.78 is 1.08. The molecule has 0 spiro atoms. The number of carboxylic acids is 1. The molecule has 26 heavy (non-hydrogen) atoms. The summed E-state index contributed by atoms with van der Waals surface area (Å²) in [5.41, 5.74) is 0. The Kier molecular flexibility index (Phi) is 5.13. The lowest BCUT2D eigenvalue weighted by Gasteiger charge is -2.35. The van der Waals surface area contributed by atoms with Gasteiger partial charge < -0.3 is 14.9 Å². The van der Waals surface area contributed by atoms with Gasteiger partial charge in [-0.2, -0.15) is 0 Å². The number of piperidine rings is 1. The summed E-state index contributed by atoms with van der Waals surface area (Å²) in [4.78, 5) is 34.5. The van der Waals surface area contributed by atoms with Crippen LogP contribution in [-0.2, 0) is 4.79 Å². The van der Waals surface area contributed by atoms with Crippen molar-refractivity contribution >= 4 is 49.2 Å². The maximum Gasteiger partial charge on any atom is 0.303 e. The molecule has 1 unspecified atom stereocenters. The summed E-state index contributed by atoms with van der Waals surface area (Å²) >= 11 is 3.14. The fraction of sp³-hybridized carbons (Fsp3) is 0.611. The minimum absolute atomic E-state index is 0.0398. The number of nitrogens with zero attached hydrogens (tertiary/aromatic N) is 3. The highest BCUT2D eigenvalue weighted by molar-refractivity contribution is 7.29. The molecule has 0 radical (unpaired) electrons. The van der Waals surface area contributed by atoms with Crippen LogP contribution in [0.15, 0.2) is 6.07 Å². The average Bonchev–Trinajstić information content (AvgIpc) is 3.34. The standard InChI is InChI=1S/C18H23N3O3S2/c22-15(23)7-6-12-5-1-2-10-21(12)17(24)14-11-13-16(25-14)19-18(26-13)20-8-3-4-9-20/h11-12H,1-10H2,(H,22,23). The second-order valence-electron chi connectivity index (χ2n) is 7.05. The quantitative estimate of drug-likeness (QED) is 0.836. The first-order chi connectivity index (χ1) is 12.6. The first-order valence-corrected chi connectivity index (χ1v) is 10.9. The van der Waals surface area contributed by atoms with E-state index in [2.05, 4.69) is 4.90 Å². The molecule has 1 N–H and O–H groups in total. The number of rotatable bonds is 5. The number of fused-ring (bicyclic) bond motifs is 1. The van der Waals surface area contributed by atoms with Gasteiger partial charge in [-0.25, -0.2) is 4.98 Å². The number of thiazole rings is 1. The summed E-state index contributed by atoms with van der Waals surface area (Å²) in [6.45, 7) is 2.87. The highest BCUT2D eigenvalue weighted by Gasteiger charge is 2.29. The molecule has 1 atom stereocenters. The van der Waals surface area contributed by atoms with Crippen LogP contribution < -0.4 is 4.90 Å². The predicted molar refractivity (Wildman–Crippen MR) is 104 cm³/mol. The van der Waals surface area contributed by atoms with Crippen LogP contribution in [0.3, 0.4) is 0 Å². The van der Waals surface area contributed by atoms with Gasteiger partial charge in [-0.1, -0.05) is 11.3 Å². The zero-order valence-electron chi connectivity index (χ0n) is 14.6. The fourth-order valence-electron chi connectivity index (χ4n) is 3.87. The van der Waals surface area contributed by atoms with E-state index in [-0.39, 0.29) is 18.4 Å². The Morgan fingerprint density at radius 2 is 1.92 bits per heavy atom. The van der Waals surface area contributed by atoms with Crippen LogP contribution in [0.25, 0.3) is 9.53 Å². The van der Waals surface area contributed by atoms with E-state index < -0.39 is 5.97 Å². The molecule has 0 aliphatic carbocycles. The monoisotopic (exact) mass is 393 g/mol. The number of hydrogen-bond donors (Lipinski definition) is 1. The maximum atomic E-state index is 13.0. The number of carbonyl (C=O) groups excluding carboxylic acids is 1. The number of hydrogen-bond acceptors (Lipinski definition) is 6. The molecule has 0 aromatic carbocycles. The van der Waals surface area contributed by atoms with Crippen molar-refractivity contribution < 1.29 is 14.7 Å². The van der Waals surface area contributed by atoms with Gasteiger partial charge in [0.15, 0.2) is 5.13 Å². The number of likely N-dealkylation sites (tertiary alicyclic amines) is 1.